The van der Waals surface area contributed by atoms with Crippen LogP contribution < -0.4 is 0 Å². The molecule has 0 aliphatic carbocycles. The van der Waals surface area contributed by atoms with E-state index in [1.807, 2.05) is 0 Å². The van der Waals surface area contributed by atoms with Gasteiger partial charge in [0.25, 0.3) is 0 Å². The van der Waals surface area contributed by atoms with Crippen molar-refractivity contribution in [3.8, 4) is 0 Å². The third kappa shape index (κ3) is 4.21. The minimum atomic E-state index is -0.270. The van der Waals surface area contributed by atoms with Gasteiger partial charge in [-0.1, -0.05) is 22.0 Å². The maximum Gasteiger partial charge on any atom is 0.324 e. The molecule has 9 heavy (non-hydrogen) atoms. The van der Waals surface area contributed by atoms with Crippen molar-refractivity contribution in [1.29, 1.82) is 0 Å². The van der Waals surface area contributed by atoms with Crippen LogP contribution in [0.4, 0.5) is 0 Å². The number of alkyl halides is 1. The Morgan fingerprint density at radius 3 is 2.67 bits per heavy atom. The minimum absolute atomic E-state index is 0.228. The van der Waals surface area contributed by atoms with Crippen LogP contribution in [0, 0.1) is 0 Å². The van der Waals surface area contributed by atoms with Gasteiger partial charge in [-0.05, 0) is 13.8 Å². The molecule has 0 spiro atoms. The largest absolute Gasteiger partial charge is 0.434 e. The monoisotopic (exact) mass is 192 g/mol. The Balaban J connectivity index is 3.51. The zero-order valence-electron chi connectivity index (χ0n) is 5.43. The molecule has 0 N–H and O–H groups in total. The van der Waals surface area contributed by atoms with Crippen molar-refractivity contribution in [3.63, 3.8) is 0 Å². The molecule has 0 saturated carbocycles. The lowest BCUT2D eigenvalue weighted by atomic mass is 10.5. The van der Waals surface area contributed by atoms with Crippen molar-refractivity contribution < 1.29 is 9.53 Å². The lowest BCUT2D eigenvalue weighted by molar-refractivity contribution is -0.136. The molecule has 0 aromatic heterocycles. The number of ether oxygens (including phenoxy) is 1. The van der Waals surface area contributed by atoms with E-state index in [0.717, 1.165) is 0 Å². The lowest BCUT2D eigenvalue weighted by Gasteiger charge is -1.97. The molecule has 0 aromatic carbocycles. The van der Waals surface area contributed by atoms with E-state index >= 15 is 0 Å². The third-order valence-corrected chi connectivity index (χ3v) is 1.02. The Morgan fingerprint density at radius 2 is 2.33 bits per heavy atom. The van der Waals surface area contributed by atoms with E-state index in [0.29, 0.717) is 0 Å². The third-order valence-electron chi connectivity index (χ3n) is 0.645. The van der Waals surface area contributed by atoms with Crippen LogP contribution in [0.5, 0.6) is 0 Å². The molecular weight excluding hydrogens is 184 g/mol. The average Bonchev–Trinajstić information content (AvgIpc) is 1.82. The number of hydrogen-bond acceptors (Lipinski definition) is 2. The van der Waals surface area contributed by atoms with Gasteiger partial charge in [0.1, 0.15) is 4.83 Å². The highest BCUT2D eigenvalue weighted by Crippen LogP contribution is 1.99. The molecule has 0 saturated heterocycles. The van der Waals surface area contributed by atoms with Gasteiger partial charge in [0, 0.05) is 0 Å². The van der Waals surface area contributed by atoms with Gasteiger partial charge in [-0.15, -0.1) is 0 Å². The van der Waals surface area contributed by atoms with E-state index < -0.39 is 0 Å². The summed E-state index contributed by atoms with van der Waals surface area (Å²) in [5.74, 6) is -0.270. The molecular formula is C6H9BrO2. The van der Waals surface area contributed by atoms with Gasteiger partial charge in [-0.25, -0.2) is 0 Å². The first-order valence-electron chi connectivity index (χ1n) is 2.64. The van der Waals surface area contributed by atoms with Crippen molar-refractivity contribution in [2.75, 3.05) is 0 Å². The van der Waals surface area contributed by atoms with Crippen LogP contribution >= 0.6 is 15.9 Å². The highest BCUT2D eigenvalue weighted by atomic mass is 79.9. The Bertz CT molecular complexity index is 118. The number of carbonyl (C=O) groups is 1. The summed E-state index contributed by atoms with van der Waals surface area (Å²) >= 11 is 3.06. The summed E-state index contributed by atoms with van der Waals surface area (Å²) in [5.41, 5.74) is 0. The average molecular weight is 193 g/mol. The van der Waals surface area contributed by atoms with Crippen LogP contribution in [0.2, 0.25) is 0 Å². The van der Waals surface area contributed by atoms with Crippen LogP contribution in [0.1, 0.15) is 13.8 Å². The molecule has 0 bridgehead atoms. The predicted octanol–water partition coefficient (Wildman–Crippen LogP) is 1.85. The first-order chi connectivity index (χ1) is 4.18. The van der Waals surface area contributed by atoms with E-state index in [4.69, 9.17) is 0 Å². The van der Waals surface area contributed by atoms with E-state index in [2.05, 4.69) is 20.7 Å². The molecule has 0 radical (unpaired) electrons. The lowest BCUT2D eigenvalue weighted by Crippen LogP contribution is -2.10. The minimum Gasteiger partial charge on any atom is -0.434 e. The molecule has 0 aliphatic heterocycles. The second-order valence-corrected chi connectivity index (χ2v) is 2.90. The zero-order chi connectivity index (χ0) is 7.28. The van der Waals surface area contributed by atoms with E-state index in [1.165, 1.54) is 6.26 Å². The number of carbonyl (C=O) groups excluding carboxylic acids is 1. The highest BCUT2D eigenvalue weighted by molar-refractivity contribution is 9.10. The quantitative estimate of drug-likeness (QED) is 0.380. The molecule has 0 heterocycles. The van der Waals surface area contributed by atoms with Gasteiger partial charge in [0.15, 0.2) is 0 Å². The smallest absolute Gasteiger partial charge is 0.324 e. The molecule has 52 valence electrons. The Morgan fingerprint density at radius 1 is 1.78 bits per heavy atom. The summed E-state index contributed by atoms with van der Waals surface area (Å²) < 4.78 is 4.59. The fraction of sp³-hybridized carbons (Fsp3) is 0.500. The standard InChI is InChI=1S/C6H9BrO2/c1-3-4-9-6(8)5(2)7/h3-5H,1-2H3. The maximum atomic E-state index is 10.6. The normalized spacial score (nSPS) is 13.7. The Labute approximate surface area is 63.0 Å². The molecule has 0 rings (SSSR count). The predicted molar refractivity (Wildman–Crippen MR) is 39.3 cm³/mol. The number of esters is 1. The first kappa shape index (κ1) is 8.69. The van der Waals surface area contributed by atoms with Crippen molar-refractivity contribution in [2.45, 2.75) is 18.7 Å². The summed E-state index contributed by atoms with van der Waals surface area (Å²) in [6.45, 7) is 3.50. The molecule has 0 fully saturated rings. The molecule has 1 atom stereocenters. The van der Waals surface area contributed by atoms with Gasteiger partial charge in [0.05, 0.1) is 6.26 Å². The van der Waals surface area contributed by atoms with Gasteiger partial charge in [-0.2, -0.15) is 0 Å². The molecule has 0 aromatic rings. The van der Waals surface area contributed by atoms with Gasteiger partial charge in [0.2, 0.25) is 0 Å². The number of allylic oxidation sites excluding steroid dienone is 1. The molecule has 1 unspecified atom stereocenters. The fourth-order valence-electron chi connectivity index (χ4n) is 0.229. The summed E-state index contributed by atoms with van der Waals surface area (Å²) in [5, 5.41) is 0. The maximum absolute atomic E-state index is 10.6. The van der Waals surface area contributed by atoms with Crippen molar-refractivity contribution in [3.05, 3.63) is 12.3 Å². The van der Waals surface area contributed by atoms with Gasteiger partial charge < -0.3 is 4.74 Å². The van der Waals surface area contributed by atoms with Crippen molar-refractivity contribution in [2.24, 2.45) is 0 Å². The summed E-state index contributed by atoms with van der Waals surface area (Å²) in [6.07, 6.45) is 3.02. The number of hydrogen-bond donors (Lipinski definition) is 0. The second kappa shape index (κ2) is 4.56. The van der Waals surface area contributed by atoms with Crippen LogP contribution in [0.15, 0.2) is 12.3 Å². The molecule has 0 aliphatic rings. The van der Waals surface area contributed by atoms with Crippen LogP contribution in [0.3, 0.4) is 0 Å². The van der Waals surface area contributed by atoms with E-state index in [-0.39, 0.29) is 10.8 Å². The van der Waals surface area contributed by atoms with Gasteiger partial charge in [-0.3, -0.25) is 4.79 Å². The first-order valence-corrected chi connectivity index (χ1v) is 3.55. The molecule has 0 amide bonds. The van der Waals surface area contributed by atoms with Crippen LogP contribution in [-0.2, 0) is 9.53 Å². The fourth-order valence-corrected chi connectivity index (χ4v) is 0.337. The number of halogens is 1. The zero-order valence-corrected chi connectivity index (χ0v) is 7.01. The highest BCUT2D eigenvalue weighted by Gasteiger charge is 2.06. The van der Waals surface area contributed by atoms with Crippen LogP contribution in [0.25, 0.3) is 0 Å². The topological polar surface area (TPSA) is 26.3 Å². The Kier molecular flexibility index (Phi) is 4.40. The second-order valence-electron chi connectivity index (χ2n) is 1.52. The molecule has 3 heteroatoms. The van der Waals surface area contributed by atoms with Crippen molar-refractivity contribution in [1.82, 2.24) is 0 Å². The summed E-state index contributed by atoms with van der Waals surface area (Å²) in [4.78, 5) is 10.4. The van der Waals surface area contributed by atoms with Gasteiger partial charge >= 0.3 is 5.97 Å². The summed E-state index contributed by atoms with van der Waals surface area (Å²) in [7, 11) is 0. The molecule has 2 nitrogen and oxygen atoms in total. The van der Waals surface area contributed by atoms with Crippen LogP contribution in [-0.4, -0.2) is 10.8 Å². The van der Waals surface area contributed by atoms with E-state index in [9.17, 15) is 4.79 Å². The van der Waals surface area contributed by atoms with Crippen molar-refractivity contribution >= 4 is 21.9 Å². The Hall–Kier alpha value is -0.310. The van der Waals surface area contributed by atoms with E-state index in [1.54, 1.807) is 19.9 Å². The summed E-state index contributed by atoms with van der Waals surface area (Å²) in [6, 6.07) is 0. The number of rotatable bonds is 2. The SMILES string of the molecule is CC=COC(=O)C(C)Br.